The van der Waals surface area contributed by atoms with Crippen molar-refractivity contribution in [3.63, 3.8) is 0 Å². The summed E-state index contributed by atoms with van der Waals surface area (Å²) in [7, 11) is 0. The number of nitrogens with two attached hydrogens (primary N) is 1. The van der Waals surface area contributed by atoms with Gasteiger partial charge in [-0.15, -0.1) is 11.3 Å². The molecule has 90 valence electrons. The number of anilines is 1. The number of thiophene rings is 1. The summed E-state index contributed by atoms with van der Waals surface area (Å²) >= 11 is 1.45. The predicted octanol–water partition coefficient (Wildman–Crippen LogP) is 3.16. The third-order valence-electron chi connectivity index (χ3n) is 2.19. The lowest BCUT2D eigenvalue weighted by atomic mass is 10.1. The van der Waals surface area contributed by atoms with Gasteiger partial charge in [0, 0.05) is 4.88 Å². The van der Waals surface area contributed by atoms with Crippen LogP contribution in [0.2, 0.25) is 0 Å². The zero-order chi connectivity index (χ0) is 12.5. The summed E-state index contributed by atoms with van der Waals surface area (Å²) < 4.78 is 5.35. The van der Waals surface area contributed by atoms with Crippen molar-refractivity contribution in [2.45, 2.75) is 46.6 Å². The first-order valence-electron chi connectivity index (χ1n) is 5.37. The van der Waals surface area contributed by atoms with Gasteiger partial charge in [-0.2, -0.15) is 0 Å². The van der Waals surface area contributed by atoms with E-state index in [4.69, 9.17) is 10.5 Å². The molecule has 3 nitrogen and oxygen atoms in total. The van der Waals surface area contributed by atoms with E-state index in [1.165, 1.54) is 11.3 Å². The van der Waals surface area contributed by atoms with Crippen LogP contribution >= 0.6 is 11.3 Å². The van der Waals surface area contributed by atoms with Crippen LogP contribution in [-0.2, 0) is 11.2 Å². The van der Waals surface area contributed by atoms with Crippen molar-refractivity contribution in [2.75, 3.05) is 5.73 Å². The Labute approximate surface area is 101 Å². The lowest BCUT2D eigenvalue weighted by Crippen LogP contribution is -2.24. The molecular weight excluding hydrogens is 222 g/mol. The highest BCUT2D eigenvalue weighted by atomic mass is 32.1. The first-order valence-corrected chi connectivity index (χ1v) is 6.19. The monoisotopic (exact) mass is 241 g/mol. The fraction of sp³-hybridized carbons (Fsp3) is 0.583. The fourth-order valence-corrected chi connectivity index (χ4v) is 2.59. The topological polar surface area (TPSA) is 52.3 Å². The SMILES string of the molecule is CCc1c(C)sc(N)c1C(=O)OC(C)(C)C. The van der Waals surface area contributed by atoms with Crippen molar-refractivity contribution in [3.05, 3.63) is 16.0 Å². The van der Waals surface area contributed by atoms with Crippen LogP contribution in [0.1, 0.15) is 48.5 Å². The zero-order valence-corrected chi connectivity index (χ0v) is 11.3. The molecule has 0 spiro atoms. The molecule has 0 radical (unpaired) electrons. The molecule has 0 aromatic carbocycles. The lowest BCUT2D eigenvalue weighted by Gasteiger charge is -2.19. The Hall–Kier alpha value is -1.03. The van der Waals surface area contributed by atoms with Gasteiger partial charge >= 0.3 is 5.97 Å². The van der Waals surface area contributed by atoms with Crippen molar-refractivity contribution in [1.29, 1.82) is 0 Å². The average Bonchev–Trinajstić information content (AvgIpc) is 2.37. The van der Waals surface area contributed by atoms with Gasteiger partial charge in [0.05, 0.1) is 5.56 Å². The minimum atomic E-state index is -0.482. The van der Waals surface area contributed by atoms with E-state index < -0.39 is 5.60 Å². The van der Waals surface area contributed by atoms with Gasteiger partial charge in [0.25, 0.3) is 0 Å². The summed E-state index contributed by atoms with van der Waals surface area (Å²) in [5.41, 5.74) is 6.94. The van der Waals surface area contributed by atoms with Crippen LogP contribution < -0.4 is 5.73 Å². The first-order chi connectivity index (χ1) is 7.26. The number of carbonyl (C=O) groups excluding carboxylic acids is 1. The van der Waals surface area contributed by atoms with Crippen molar-refractivity contribution < 1.29 is 9.53 Å². The van der Waals surface area contributed by atoms with Crippen molar-refractivity contribution in [2.24, 2.45) is 0 Å². The number of ether oxygens (including phenoxy) is 1. The normalized spacial score (nSPS) is 11.6. The van der Waals surface area contributed by atoms with Crippen LogP contribution in [-0.4, -0.2) is 11.6 Å². The molecular formula is C12H19NO2S. The molecule has 1 aromatic rings. The largest absolute Gasteiger partial charge is 0.456 e. The van der Waals surface area contributed by atoms with Crippen LogP contribution in [0, 0.1) is 6.92 Å². The summed E-state index contributed by atoms with van der Waals surface area (Å²) in [6.07, 6.45) is 0.800. The third-order valence-corrected chi connectivity index (χ3v) is 3.17. The van der Waals surface area contributed by atoms with Crippen molar-refractivity contribution >= 4 is 22.3 Å². The number of nitrogen functional groups attached to an aromatic ring is 1. The van der Waals surface area contributed by atoms with Crippen LogP contribution in [0.25, 0.3) is 0 Å². The van der Waals surface area contributed by atoms with Crippen LogP contribution in [0.15, 0.2) is 0 Å². The standard InChI is InChI=1S/C12H19NO2S/c1-6-8-7(2)16-10(13)9(8)11(14)15-12(3,4)5/h6,13H2,1-5H3. The minimum Gasteiger partial charge on any atom is -0.456 e. The Morgan fingerprint density at radius 3 is 2.44 bits per heavy atom. The molecule has 0 fully saturated rings. The molecule has 0 aliphatic rings. The Balaban J connectivity index is 3.08. The van der Waals surface area contributed by atoms with E-state index in [1.807, 2.05) is 34.6 Å². The highest BCUT2D eigenvalue weighted by molar-refractivity contribution is 7.16. The smallest absolute Gasteiger partial charge is 0.341 e. The van der Waals surface area contributed by atoms with Gasteiger partial charge in [0.2, 0.25) is 0 Å². The van der Waals surface area contributed by atoms with E-state index in [0.29, 0.717) is 10.6 Å². The van der Waals surface area contributed by atoms with E-state index in [0.717, 1.165) is 16.9 Å². The Morgan fingerprint density at radius 1 is 1.44 bits per heavy atom. The zero-order valence-electron chi connectivity index (χ0n) is 10.5. The highest BCUT2D eigenvalue weighted by Crippen LogP contribution is 2.32. The first kappa shape index (κ1) is 13.0. The number of esters is 1. The van der Waals surface area contributed by atoms with Crippen LogP contribution in [0.5, 0.6) is 0 Å². The maximum absolute atomic E-state index is 12.0. The molecule has 2 N–H and O–H groups in total. The molecule has 0 aliphatic heterocycles. The molecule has 1 rings (SSSR count). The molecule has 1 aromatic heterocycles. The third kappa shape index (κ3) is 2.76. The maximum Gasteiger partial charge on any atom is 0.341 e. The molecule has 0 atom stereocenters. The second kappa shape index (κ2) is 4.45. The number of rotatable bonds is 2. The Morgan fingerprint density at radius 2 is 2.00 bits per heavy atom. The summed E-state index contributed by atoms with van der Waals surface area (Å²) in [4.78, 5) is 13.1. The highest BCUT2D eigenvalue weighted by Gasteiger charge is 2.24. The Bertz CT molecular complexity index is 402. The van der Waals surface area contributed by atoms with E-state index >= 15 is 0 Å². The van der Waals surface area contributed by atoms with Crippen molar-refractivity contribution in [3.8, 4) is 0 Å². The minimum absolute atomic E-state index is 0.314. The van der Waals surface area contributed by atoms with Gasteiger partial charge in [-0.25, -0.2) is 4.79 Å². The van der Waals surface area contributed by atoms with E-state index in [1.54, 1.807) is 0 Å². The second-order valence-electron chi connectivity index (χ2n) is 4.73. The lowest BCUT2D eigenvalue weighted by molar-refractivity contribution is 0.00702. The van der Waals surface area contributed by atoms with Crippen LogP contribution in [0.4, 0.5) is 5.00 Å². The quantitative estimate of drug-likeness (QED) is 0.809. The van der Waals surface area contributed by atoms with E-state index in [-0.39, 0.29) is 5.97 Å². The number of carbonyl (C=O) groups is 1. The maximum atomic E-state index is 12.0. The molecule has 16 heavy (non-hydrogen) atoms. The molecule has 0 saturated heterocycles. The van der Waals surface area contributed by atoms with Gasteiger partial charge in [-0.1, -0.05) is 6.92 Å². The summed E-state index contributed by atoms with van der Waals surface area (Å²) in [5.74, 6) is -0.314. The molecule has 0 amide bonds. The Kier molecular flexibility index (Phi) is 3.63. The molecule has 0 bridgehead atoms. The van der Waals surface area contributed by atoms with Gasteiger partial charge < -0.3 is 10.5 Å². The van der Waals surface area contributed by atoms with Gasteiger partial charge in [0.1, 0.15) is 10.6 Å². The van der Waals surface area contributed by atoms with E-state index in [2.05, 4.69) is 0 Å². The molecule has 4 heteroatoms. The van der Waals surface area contributed by atoms with Gasteiger partial charge in [-0.3, -0.25) is 0 Å². The second-order valence-corrected chi connectivity index (χ2v) is 5.99. The fourth-order valence-electron chi connectivity index (χ4n) is 1.58. The van der Waals surface area contributed by atoms with Gasteiger partial charge in [-0.05, 0) is 39.7 Å². The van der Waals surface area contributed by atoms with E-state index in [9.17, 15) is 4.79 Å². The average molecular weight is 241 g/mol. The molecule has 0 aliphatic carbocycles. The number of hydrogen-bond acceptors (Lipinski definition) is 4. The van der Waals surface area contributed by atoms with Gasteiger partial charge in [0.15, 0.2) is 0 Å². The number of aryl methyl sites for hydroxylation is 1. The predicted molar refractivity (Wildman–Crippen MR) is 68.0 cm³/mol. The van der Waals surface area contributed by atoms with Crippen molar-refractivity contribution in [1.82, 2.24) is 0 Å². The molecule has 0 unspecified atom stereocenters. The molecule has 0 saturated carbocycles. The summed E-state index contributed by atoms with van der Waals surface area (Å²) in [6.45, 7) is 9.56. The molecule has 1 heterocycles. The number of hydrogen-bond donors (Lipinski definition) is 1. The summed E-state index contributed by atoms with van der Waals surface area (Å²) in [5, 5.41) is 0.559. The summed E-state index contributed by atoms with van der Waals surface area (Å²) in [6, 6.07) is 0. The van der Waals surface area contributed by atoms with Crippen LogP contribution in [0.3, 0.4) is 0 Å².